The van der Waals surface area contributed by atoms with Crippen molar-refractivity contribution >= 4 is 27.9 Å². The van der Waals surface area contributed by atoms with Gasteiger partial charge in [0.2, 0.25) is 0 Å². The van der Waals surface area contributed by atoms with Crippen LogP contribution in [-0.4, -0.2) is 19.0 Å². The Bertz CT molecular complexity index is 373. The third kappa shape index (κ3) is 2.88. The highest BCUT2D eigenvalue weighted by molar-refractivity contribution is 7.18. The zero-order valence-electron chi connectivity index (χ0n) is 9.99. The summed E-state index contributed by atoms with van der Waals surface area (Å²) in [5.41, 5.74) is 11.5. The van der Waals surface area contributed by atoms with Crippen LogP contribution in [0.25, 0.3) is 0 Å². The molecule has 0 aliphatic carbocycles. The first-order valence-electron chi connectivity index (χ1n) is 5.39. The zero-order valence-corrected chi connectivity index (χ0v) is 10.8. The number of anilines is 2. The molecule has 5 heteroatoms. The van der Waals surface area contributed by atoms with Crippen molar-refractivity contribution in [2.24, 2.45) is 11.7 Å². The minimum Gasteiger partial charge on any atom is -0.397 e. The van der Waals surface area contributed by atoms with Crippen LogP contribution in [0.2, 0.25) is 0 Å². The lowest BCUT2D eigenvalue weighted by atomic mass is 10.2. The van der Waals surface area contributed by atoms with Crippen molar-refractivity contribution in [1.82, 2.24) is 0 Å². The number of carbonyl (C=O) groups excluding carboxylic acids is 1. The summed E-state index contributed by atoms with van der Waals surface area (Å²) >= 11 is 1.37. The standard InChI is InChI=1S/C11H19N3OS/c1-4-14(6-7(2)3)9-5-8(12)10(16-9)11(13)15/h5,7H,4,6,12H2,1-3H3,(H2,13,15). The van der Waals surface area contributed by atoms with Crippen molar-refractivity contribution in [2.75, 3.05) is 23.7 Å². The Morgan fingerprint density at radius 2 is 2.19 bits per heavy atom. The third-order valence-corrected chi connectivity index (χ3v) is 3.48. The van der Waals surface area contributed by atoms with E-state index in [9.17, 15) is 4.79 Å². The highest BCUT2D eigenvalue weighted by atomic mass is 32.1. The molecule has 1 aromatic heterocycles. The minimum atomic E-state index is -0.450. The lowest BCUT2D eigenvalue weighted by molar-refractivity contribution is 0.100. The molecule has 0 saturated carbocycles. The minimum absolute atomic E-state index is 0.450. The summed E-state index contributed by atoms with van der Waals surface area (Å²) < 4.78 is 0. The highest BCUT2D eigenvalue weighted by Gasteiger charge is 2.15. The number of primary amides is 1. The molecule has 4 nitrogen and oxygen atoms in total. The van der Waals surface area contributed by atoms with E-state index in [0.717, 1.165) is 18.1 Å². The van der Waals surface area contributed by atoms with Crippen molar-refractivity contribution in [3.8, 4) is 0 Å². The molecule has 0 radical (unpaired) electrons. The molecule has 4 N–H and O–H groups in total. The van der Waals surface area contributed by atoms with Gasteiger partial charge in [-0.2, -0.15) is 0 Å². The fourth-order valence-corrected chi connectivity index (χ4v) is 2.56. The molecule has 0 aromatic carbocycles. The first-order chi connectivity index (χ1) is 7.45. The fraction of sp³-hybridized carbons (Fsp3) is 0.545. The van der Waals surface area contributed by atoms with E-state index in [1.807, 2.05) is 6.07 Å². The first kappa shape index (κ1) is 12.8. The average Bonchev–Trinajstić information content (AvgIpc) is 2.56. The summed E-state index contributed by atoms with van der Waals surface area (Å²) in [6.45, 7) is 8.26. The van der Waals surface area contributed by atoms with Crippen LogP contribution < -0.4 is 16.4 Å². The van der Waals surface area contributed by atoms with Crippen LogP contribution in [-0.2, 0) is 0 Å². The normalized spacial score (nSPS) is 10.8. The number of nitrogen functional groups attached to an aromatic ring is 1. The summed E-state index contributed by atoms with van der Waals surface area (Å²) in [7, 11) is 0. The second-order valence-corrected chi connectivity index (χ2v) is 5.20. The van der Waals surface area contributed by atoms with Gasteiger partial charge < -0.3 is 16.4 Å². The van der Waals surface area contributed by atoms with E-state index >= 15 is 0 Å². The van der Waals surface area contributed by atoms with Gasteiger partial charge in [0.15, 0.2) is 0 Å². The van der Waals surface area contributed by atoms with Gasteiger partial charge in [0, 0.05) is 13.1 Å². The second kappa shape index (κ2) is 5.21. The molecule has 0 spiro atoms. The molecular formula is C11H19N3OS. The van der Waals surface area contributed by atoms with Crippen LogP contribution in [0.3, 0.4) is 0 Å². The van der Waals surface area contributed by atoms with Gasteiger partial charge in [0.25, 0.3) is 5.91 Å². The van der Waals surface area contributed by atoms with Crippen LogP contribution in [0.15, 0.2) is 6.07 Å². The molecule has 0 aliphatic rings. The summed E-state index contributed by atoms with van der Waals surface area (Å²) in [4.78, 5) is 13.8. The second-order valence-electron chi connectivity index (χ2n) is 4.17. The number of thiophene rings is 1. The van der Waals surface area contributed by atoms with E-state index < -0.39 is 5.91 Å². The first-order valence-corrected chi connectivity index (χ1v) is 6.21. The number of amides is 1. The molecule has 0 fully saturated rings. The molecule has 1 heterocycles. The summed E-state index contributed by atoms with van der Waals surface area (Å²) in [6, 6.07) is 1.83. The van der Waals surface area contributed by atoms with E-state index in [0.29, 0.717) is 16.5 Å². The van der Waals surface area contributed by atoms with Crippen molar-refractivity contribution < 1.29 is 4.79 Å². The molecule has 16 heavy (non-hydrogen) atoms. The molecule has 0 aliphatic heterocycles. The molecule has 0 bridgehead atoms. The van der Waals surface area contributed by atoms with Crippen molar-refractivity contribution in [3.05, 3.63) is 10.9 Å². The van der Waals surface area contributed by atoms with Crippen LogP contribution in [0.5, 0.6) is 0 Å². The van der Waals surface area contributed by atoms with E-state index in [-0.39, 0.29) is 0 Å². The number of carbonyl (C=O) groups is 1. The van der Waals surface area contributed by atoms with Gasteiger partial charge in [-0.15, -0.1) is 11.3 Å². The fourth-order valence-electron chi connectivity index (χ4n) is 1.56. The van der Waals surface area contributed by atoms with E-state index in [1.54, 1.807) is 0 Å². The van der Waals surface area contributed by atoms with Crippen LogP contribution in [0, 0.1) is 5.92 Å². The Balaban J connectivity index is 2.93. The van der Waals surface area contributed by atoms with E-state index in [1.165, 1.54) is 11.3 Å². The maximum absolute atomic E-state index is 11.1. The molecule has 1 amide bonds. The van der Waals surface area contributed by atoms with Crippen molar-refractivity contribution in [2.45, 2.75) is 20.8 Å². The molecule has 0 unspecified atom stereocenters. The number of hydrogen-bond donors (Lipinski definition) is 2. The van der Waals surface area contributed by atoms with Crippen LogP contribution in [0.1, 0.15) is 30.4 Å². The largest absolute Gasteiger partial charge is 0.397 e. The lowest BCUT2D eigenvalue weighted by Crippen LogP contribution is -2.26. The van der Waals surface area contributed by atoms with Gasteiger partial charge in [-0.25, -0.2) is 0 Å². The number of nitrogens with zero attached hydrogens (tertiary/aromatic N) is 1. The molecule has 1 rings (SSSR count). The monoisotopic (exact) mass is 241 g/mol. The zero-order chi connectivity index (χ0) is 12.3. The van der Waals surface area contributed by atoms with Gasteiger partial charge in [0.1, 0.15) is 4.88 Å². The maximum atomic E-state index is 11.1. The third-order valence-electron chi connectivity index (χ3n) is 2.25. The van der Waals surface area contributed by atoms with E-state index in [4.69, 9.17) is 11.5 Å². The SMILES string of the molecule is CCN(CC(C)C)c1cc(N)c(C(N)=O)s1. The Morgan fingerprint density at radius 1 is 1.56 bits per heavy atom. The van der Waals surface area contributed by atoms with Gasteiger partial charge in [-0.3, -0.25) is 4.79 Å². The van der Waals surface area contributed by atoms with E-state index in [2.05, 4.69) is 25.7 Å². The Labute approximate surface area is 100 Å². The van der Waals surface area contributed by atoms with Crippen molar-refractivity contribution in [1.29, 1.82) is 0 Å². The Hall–Kier alpha value is -1.23. The summed E-state index contributed by atoms with van der Waals surface area (Å²) in [5.74, 6) is 0.120. The summed E-state index contributed by atoms with van der Waals surface area (Å²) in [6.07, 6.45) is 0. The van der Waals surface area contributed by atoms with Gasteiger partial charge in [-0.05, 0) is 18.9 Å². The Morgan fingerprint density at radius 3 is 2.56 bits per heavy atom. The smallest absolute Gasteiger partial charge is 0.260 e. The van der Waals surface area contributed by atoms with Crippen LogP contribution >= 0.6 is 11.3 Å². The maximum Gasteiger partial charge on any atom is 0.260 e. The molecule has 90 valence electrons. The number of rotatable bonds is 5. The van der Waals surface area contributed by atoms with Gasteiger partial charge in [0.05, 0.1) is 10.7 Å². The van der Waals surface area contributed by atoms with Gasteiger partial charge >= 0.3 is 0 Å². The topological polar surface area (TPSA) is 72.3 Å². The predicted octanol–water partition coefficient (Wildman–Crippen LogP) is 1.91. The Kier molecular flexibility index (Phi) is 4.18. The highest BCUT2D eigenvalue weighted by Crippen LogP contribution is 2.32. The van der Waals surface area contributed by atoms with Gasteiger partial charge in [-0.1, -0.05) is 13.8 Å². The molecule has 0 saturated heterocycles. The number of nitrogens with two attached hydrogens (primary N) is 2. The average molecular weight is 241 g/mol. The molecule has 1 aromatic rings. The predicted molar refractivity (Wildman–Crippen MR) is 70.0 cm³/mol. The number of hydrogen-bond acceptors (Lipinski definition) is 4. The molecule has 0 atom stereocenters. The molecular weight excluding hydrogens is 222 g/mol. The summed E-state index contributed by atoms with van der Waals surface area (Å²) in [5, 5.41) is 1.02. The lowest BCUT2D eigenvalue weighted by Gasteiger charge is -2.22. The van der Waals surface area contributed by atoms with Crippen LogP contribution in [0.4, 0.5) is 10.7 Å². The quantitative estimate of drug-likeness (QED) is 0.827. The van der Waals surface area contributed by atoms with Crippen molar-refractivity contribution in [3.63, 3.8) is 0 Å².